The Bertz CT molecular complexity index is 223. The maximum absolute atomic E-state index is 11.1. The molecular weight excluding hydrogens is 194 g/mol. The maximum Gasteiger partial charge on any atom is 0.234 e. The Balaban J connectivity index is 3.79. The van der Waals surface area contributed by atoms with E-state index in [0.717, 1.165) is 0 Å². The van der Waals surface area contributed by atoms with Crippen molar-refractivity contribution in [3.05, 3.63) is 0 Å². The van der Waals surface area contributed by atoms with Crippen molar-refractivity contribution in [1.82, 2.24) is 10.6 Å². The van der Waals surface area contributed by atoms with Crippen LogP contribution in [0.4, 0.5) is 0 Å². The Hall–Kier alpha value is -1.12. The van der Waals surface area contributed by atoms with Crippen LogP contribution in [0.25, 0.3) is 0 Å². The summed E-state index contributed by atoms with van der Waals surface area (Å²) in [6, 6.07) is 1.96. The predicted octanol–water partition coefficient (Wildman–Crippen LogP) is -0.377. The summed E-state index contributed by atoms with van der Waals surface area (Å²) in [4.78, 5) is 11.1. The Labute approximate surface area is 90.5 Å². The van der Waals surface area contributed by atoms with Crippen LogP contribution in [0, 0.1) is 17.2 Å². The van der Waals surface area contributed by atoms with Gasteiger partial charge in [0.15, 0.2) is 0 Å². The molecule has 15 heavy (non-hydrogen) atoms. The monoisotopic (exact) mass is 213 g/mol. The summed E-state index contributed by atoms with van der Waals surface area (Å²) in [7, 11) is 0. The second-order valence-electron chi connectivity index (χ2n) is 3.68. The van der Waals surface area contributed by atoms with Crippen molar-refractivity contribution in [3.8, 4) is 6.07 Å². The van der Waals surface area contributed by atoms with Crippen LogP contribution in [0.2, 0.25) is 0 Å². The Morgan fingerprint density at radius 3 is 2.67 bits per heavy atom. The molecular formula is C10H19N3O2. The number of aliphatic hydroxyl groups excluding tert-OH is 1. The molecule has 1 amide bonds. The first-order chi connectivity index (χ1) is 7.11. The third-order valence-electron chi connectivity index (χ3n) is 2.13. The fraction of sp³-hybridized carbons (Fsp3) is 0.800. The zero-order chi connectivity index (χ0) is 11.7. The number of nitrogens with zero attached hydrogens (tertiary/aromatic N) is 1. The van der Waals surface area contributed by atoms with Crippen molar-refractivity contribution >= 4 is 5.91 Å². The Kier molecular flexibility index (Phi) is 7.60. The van der Waals surface area contributed by atoms with E-state index in [9.17, 15) is 4.79 Å². The molecule has 0 aliphatic rings. The van der Waals surface area contributed by atoms with Gasteiger partial charge in [-0.05, 0) is 12.3 Å². The third kappa shape index (κ3) is 6.89. The van der Waals surface area contributed by atoms with E-state index in [4.69, 9.17) is 10.4 Å². The SMILES string of the molecule is CC(C)C(CCO)NCC(=O)NCC#N. The first-order valence-electron chi connectivity index (χ1n) is 5.09. The highest BCUT2D eigenvalue weighted by Gasteiger charge is 2.13. The van der Waals surface area contributed by atoms with E-state index >= 15 is 0 Å². The van der Waals surface area contributed by atoms with Gasteiger partial charge < -0.3 is 15.7 Å². The second kappa shape index (κ2) is 8.21. The van der Waals surface area contributed by atoms with Gasteiger partial charge in [-0.3, -0.25) is 4.79 Å². The van der Waals surface area contributed by atoms with Crippen LogP contribution in [0.5, 0.6) is 0 Å². The van der Waals surface area contributed by atoms with Crippen molar-refractivity contribution in [3.63, 3.8) is 0 Å². The fourth-order valence-corrected chi connectivity index (χ4v) is 1.23. The van der Waals surface area contributed by atoms with Gasteiger partial charge in [-0.1, -0.05) is 13.8 Å². The number of nitriles is 1. The van der Waals surface area contributed by atoms with E-state index in [1.165, 1.54) is 0 Å². The zero-order valence-electron chi connectivity index (χ0n) is 9.29. The number of amides is 1. The minimum Gasteiger partial charge on any atom is -0.396 e. The molecule has 0 radical (unpaired) electrons. The molecule has 0 bridgehead atoms. The molecule has 0 saturated carbocycles. The summed E-state index contributed by atoms with van der Waals surface area (Å²) < 4.78 is 0. The number of hydrogen-bond acceptors (Lipinski definition) is 4. The van der Waals surface area contributed by atoms with Gasteiger partial charge in [-0.2, -0.15) is 5.26 Å². The molecule has 0 aromatic carbocycles. The molecule has 5 heteroatoms. The molecule has 5 nitrogen and oxygen atoms in total. The standard InChI is InChI=1S/C10H19N3O2/c1-8(2)9(3-6-14)13-7-10(15)12-5-4-11/h8-9,13-14H,3,5-7H2,1-2H3,(H,12,15). The summed E-state index contributed by atoms with van der Waals surface area (Å²) in [6.45, 7) is 4.38. The lowest BCUT2D eigenvalue weighted by atomic mass is 10.0. The van der Waals surface area contributed by atoms with E-state index < -0.39 is 0 Å². The number of rotatable bonds is 7. The van der Waals surface area contributed by atoms with Crippen LogP contribution in [0.1, 0.15) is 20.3 Å². The number of carbonyl (C=O) groups is 1. The van der Waals surface area contributed by atoms with Crippen LogP contribution in [0.3, 0.4) is 0 Å². The molecule has 0 saturated heterocycles. The summed E-state index contributed by atoms with van der Waals surface area (Å²) >= 11 is 0. The lowest BCUT2D eigenvalue weighted by Crippen LogP contribution is -2.42. The second-order valence-corrected chi connectivity index (χ2v) is 3.68. The molecule has 0 aromatic heterocycles. The summed E-state index contributed by atoms with van der Waals surface area (Å²) in [5.41, 5.74) is 0. The largest absolute Gasteiger partial charge is 0.396 e. The van der Waals surface area contributed by atoms with Crippen molar-refractivity contribution in [2.75, 3.05) is 19.7 Å². The van der Waals surface area contributed by atoms with Crippen molar-refractivity contribution in [2.45, 2.75) is 26.3 Å². The molecule has 0 aliphatic heterocycles. The molecule has 1 atom stereocenters. The average molecular weight is 213 g/mol. The van der Waals surface area contributed by atoms with Crippen LogP contribution >= 0.6 is 0 Å². The molecule has 0 rings (SSSR count). The van der Waals surface area contributed by atoms with E-state index in [1.807, 2.05) is 19.9 Å². The molecule has 0 aliphatic carbocycles. The highest BCUT2D eigenvalue weighted by molar-refractivity contribution is 5.78. The number of carbonyl (C=O) groups excluding carboxylic acids is 1. The highest BCUT2D eigenvalue weighted by atomic mass is 16.3. The fourth-order valence-electron chi connectivity index (χ4n) is 1.23. The molecule has 86 valence electrons. The number of nitrogens with one attached hydrogen (secondary N) is 2. The van der Waals surface area contributed by atoms with Gasteiger partial charge in [0.2, 0.25) is 5.91 Å². The lowest BCUT2D eigenvalue weighted by Gasteiger charge is -2.20. The first-order valence-corrected chi connectivity index (χ1v) is 5.09. The van der Waals surface area contributed by atoms with Gasteiger partial charge in [0.25, 0.3) is 0 Å². The van der Waals surface area contributed by atoms with Gasteiger partial charge in [-0.25, -0.2) is 0 Å². The molecule has 3 N–H and O–H groups in total. The minimum absolute atomic E-state index is 0.0346. The molecule has 0 spiro atoms. The zero-order valence-corrected chi connectivity index (χ0v) is 9.29. The molecule has 0 fully saturated rings. The smallest absolute Gasteiger partial charge is 0.234 e. The third-order valence-corrected chi connectivity index (χ3v) is 2.13. The van der Waals surface area contributed by atoms with E-state index in [2.05, 4.69) is 10.6 Å². The van der Waals surface area contributed by atoms with Crippen LogP contribution < -0.4 is 10.6 Å². The van der Waals surface area contributed by atoms with Crippen LogP contribution in [0.15, 0.2) is 0 Å². The normalized spacial score (nSPS) is 12.2. The van der Waals surface area contributed by atoms with E-state index in [-0.39, 0.29) is 31.6 Å². The molecule has 1 unspecified atom stereocenters. The Morgan fingerprint density at radius 1 is 1.53 bits per heavy atom. The van der Waals surface area contributed by atoms with Crippen LogP contribution in [-0.4, -0.2) is 36.8 Å². The van der Waals surface area contributed by atoms with Crippen molar-refractivity contribution in [1.29, 1.82) is 5.26 Å². The predicted molar refractivity (Wildman–Crippen MR) is 57.0 cm³/mol. The topological polar surface area (TPSA) is 85.2 Å². The highest BCUT2D eigenvalue weighted by Crippen LogP contribution is 2.04. The number of aliphatic hydroxyl groups is 1. The summed E-state index contributed by atoms with van der Waals surface area (Å²) in [5.74, 6) is 0.168. The lowest BCUT2D eigenvalue weighted by molar-refractivity contribution is -0.120. The Morgan fingerprint density at radius 2 is 2.20 bits per heavy atom. The quantitative estimate of drug-likeness (QED) is 0.503. The summed E-state index contributed by atoms with van der Waals surface area (Å²) in [5, 5.41) is 22.5. The number of hydrogen-bond donors (Lipinski definition) is 3. The minimum atomic E-state index is -0.194. The van der Waals surface area contributed by atoms with Gasteiger partial charge in [0, 0.05) is 12.6 Å². The first kappa shape index (κ1) is 13.9. The van der Waals surface area contributed by atoms with Crippen LogP contribution in [-0.2, 0) is 4.79 Å². The maximum atomic E-state index is 11.1. The van der Waals surface area contributed by atoms with E-state index in [0.29, 0.717) is 12.3 Å². The van der Waals surface area contributed by atoms with Gasteiger partial charge in [0.1, 0.15) is 6.54 Å². The van der Waals surface area contributed by atoms with Gasteiger partial charge >= 0.3 is 0 Å². The van der Waals surface area contributed by atoms with Crippen molar-refractivity contribution < 1.29 is 9.90 Å². The van der Waals surface area contributed by atoms with Gasteiger partial charge in [0.05, 0.1) is 12.6 Å². The molecule has 0 heterocycles. The molecule has 0 aromatic rings. The van der Waals surface area contributed by atoms with Gasteiger partial charge in [-0.15, -0.1) is 0 Å². The van der Waals surface area contributed by atoms with E-state index in [1.54, 1.807) is 0 Å². The van der Waals surface area contributed by atoms with Crippen molar-refractivity contribution in [2.24, 2.45) is 5.92 Å². The summed E-state index contributed by atoms with van der Waals surface area (Å²) in [6.07, 6.45) is 0.628. The average Bonchev–Trinajstić information content (AvgIpc) is 2.20.